The lowest BCUT2D eigenvalue weighted by Crippen LogP contribution is -2.32. The average Bonchev–Trinajstić information content (AvgIpc) is 2.85. The van der Waals surface area contributed by atoms with Crippen LogP contribution in [-0.2, 0) is 6.42 Å². The van der Waals surface area contributed by atoms with Crippen molar-refractivity contribution in [2.24, 2.45) is 0 Å². The molecule has 0 aliphatic heterocycles. The van der Waals surface area contributed by atoms with E-state index in [2.05, 4.69) is 17.2 Å². The Balaban J connectivity index is 1.45. The lowest BCUT2D eigenvalue weighted by Gasteiger charge is -2.14. The minimum atomic E-state index is -0.629. The summed E-state index contributed by atoms with van der Waals surface area (Å²) in [6.45, 7) is 1.35. The Kier molecular flexibility index (Phi) is 9.00. The monoisotopic (exact) mass is 431 g/mol. The van der Waals surface area contributed by atoms with Crippen molar-refractivity contribution < 1.29 is 19.3 Å². The molecule has 1 atom stereocenters. The summed E-state index contributed by atoms with van der Waals surface area (Å²) in [6, 6.07) is 23.3. The molecule has 0 saturated heterocycles. The van der Waals surface area contributed by atoms with Crippen LogP contribution in [0.1, 0.15) is 16.7 Å². The van der Waals surface area contributed by atoms with Crippen molar-refractivity contribution in [3.8, 4) is 29.1 Å². The molecular weight excluding hydrogens is 402 g/mol. The van der Waals surface area contributed by atoms with Crippen LogP contribution >= 0.6 is 0 Å². The van der Waals surface area contributed by atoms with Crippen LogP contribution in [0.3, 0.4) is 0 Å². The molecule has 0 spiro atoms. The Morgan fingerprint density at radius 3 is 2.38 bits per heavy atom. The quantitative estimate of drug-likeness (QED) is 0.379. The zero-order valence-corrected chi connectivity index (χ0v) is 18.5. The molecule has 2 N–H and O–H groups in total. The van der Waals surface area contributed by atoms with Gasteiger partial charge in [0.05, 0.1) is 19.8 Å². The molecule has 5 heteroatoms. The van der Waals surface area contributed by atoms with E-state index in [-0.39, 0.29) is 6.61 Å². The highest BCUT2D eigenvalue weighted by molar-refractivity contribution is 5.49. The largest absolute Gasteiger partial charge is 0.493 e. The number of rotatable bonds is 10. The van der Waals surface area contributed by atoms with Crippen LogP contribution in [0.5, 0.6) is 17.2 Å². The summed E-state index contributed by atoms with van der Waals surface area (Å²) in [5.41, 5.74) is 2.87. The minimum absolute atomic E-state index is 0.188. The Morgan fingerprint density at radius 2 is 1.59 bits per heavy atom. The molecule has 1 unspecified atom stereocenters. The SMILES string of the molecule is COc1ccc(CCNCC(O)COc2ccccc2C#Cc2ccccc2)cc1OC. The first-order valence-corrected chi connectivity index (χ1v) is 10.6. The smallest absolute Gasteiger partial charge is 0.160 e. The van der Waals surface area contributed by atoms with E-state index in [4.69, 9.17) is 14.2 Å². The van der Waals surface area contributed by atoms with Gasteiger partial charge in [-0.1, -0.05) is 48.2 Å². The minimum Gasteiger partial charge on any atom is -0.493 e. The number of para-hydroxylation sites is 1. The van der Waals surface area contributed by atoms with Crippen molar-refractivity contribution in [2.45, 2.75) is 12.5 Å². The van der Waals surface area contributed by atoms with Crippen molar-refractivity contribution in [1.82, 2.24) is 5.32 Å². The fraction of sp³-hybridized carbons (Fsp3) is 0.259. The van der Waals surface area contributed by atoms with Gasteiger partial charge in [0.1, 0.15) is 18.5 Å². The van der Waals surface area contributed by atoms with E-state index in [1.807, 2.05) is 72.8 Å². The summed E-state index contributed by atoms with van der Waals surface area (Å²) >= 11 is 0. The van der Waals surface area contributed by atoms with Gasteiger partial charge in [0.2, 0.25) is 0 Å². The number of aliphatic hydroxyl groups is 1. The van der Waals surface area contributed by atoms with E-state index in [1.54, 1.807) is 14.2 Å². The van der Waals surface area contributed by atoms with E-state index in [0.29, 0.717) is 23.8 Å². The zero-order valence-electron chi connectivity index (χ0n) is 18.5. The van der Waals surface area contributed by atoms with Gasteiger partial charge in [-0.25, -0.2) is 0 Å². The highest BCUT2D eigenvalue weighted by atomic mass is 16.5. The maximum atomic E-state index is 10.3. The molecule has 3 rings (SSSR count). The molecule has 166 valence electrons. The maximum Gasteiger partial charge on any atom is 0.160 e. The summed E-state index contributed by atoms with van der Waals surface area (Å²) < 4.78 is 16.4. The number of aliphatic hydroxyl groups excluding tert-OH is 1. The predicted octanol–water partition coefficient (Wildman–Crippen LogP) is 3.68. The number of benzene rings is 3. The number of nitrogens with one attached hydrogen (secondary N) is 1. The molecule has 0 amide bonds. The maximum absolute atomic E-state index is 10.3. The lowest BCUT2D eigenvalue weighted by atomic mass is 10.1. The number of hydrogen-bond acceptors (Lipinski definition) is 5. The van der Waals surface area contributed by atoms with Gasteiger partial charge >= 0.3 is 0 Å². The van der Waals surface area contributed by atoms with Gasteiger partial charge in [0.15, 0.2) is 11.5 Å². The third-order valence-electron chi connectivity index (χ3n) is 4.85. The van der Waals surface area contributed by atoms with Crippen molar-refractivity contribution in [1.29, 1.82) is 0 Å². The van der Waals surface area contributed by atoms with Crippen molar-refractivity contribution in [3.05, 3.63) is 89.5 Å². The van der Waals surface area contributed by atoms with E-state index < -0.39 is 6.10 Å². The molecule has 0 aliphatic carbocycles. The van der Waals surface area contributed by atoms with E-state index in [0.717, 1.165) is 29.7 Å². The van der Waals surface area contributed by atoms with Gasteiger partial charge in [0, 0.05) is 12.1 Å². The second kappa shape index (κ2) is 12.4. The number of hydrogen-bond donors (Lipinski definition) is 2. The first-order valence-electron chi connectivity index (χ1n) is 10.6. The average molecular weight is 432 g/mol. The van der Waals surface area contributed by atoms with Crippen LogP contribution in [0.25, 0.3) is 0 Å². The van der Waals surface area contributed by atoms with Gasteiger partial charge < -0.3 is 24.6 Å². The normalized spacial score (nSPS) is 11.2. The molecular formula is C27H29NO4. The Hall–Kier alpha value is -3.46. The number of methoxy groups -OCH3 is 2. The predicted molar refractivity (Wildman–Crippen MR) is 126 cm³/mol. The molecule has 5 nitrogen and oxygen atoms in total. The fourth-order valence-electron chi connectivity index (χ4n) is 3.14. The highest BCUT2D eigenvalue weighted by Crippen LogP contribution is 2.27. The summed E-state index contributed by atoms with van der Waals surface area (Å²) in [4.78, 5) is 0. The Morgan fingerprint density at radius 1 is 0.844 bits per heavy atom. The second-order valence-electron chi connectivity index (χ2n) is 7.22. The lowest BCUT2D eigenvalue weighted by molar-refractivity contribution is 0.106. The van der Waals surface area contributed by atoms with Gasteiger partial charge in [-0.3, -0.25) is 0 Å². The standard InChI is InChI=1S/C27H29NO4/c1-30-26-15-13-22(18-27(26)31-2)16-17-28-19-24(29)20-32-25-11-7-6-10-23(25)14-12-21-8-4-3-5-9-21/h3-11,13,15,18,24,28-29H,16-17,19-20H2,1-2H3. The van der Waals surface area contributed by atoms with Gasteiger partial charge in [-0.2, -0.15) is 0 Å². The second-order valence-corrected chi connectivity index (χ2v) is 7.22. The molecule has 3 aromatic rings. The Labute approximate surface area is 190 Å². The fourth-order valence-corrected chi connectivity index (χ4v) is 3.14. The molecule has 0 heterocycles. The molecule has 0 saturated carbocycles. The van der Waals surface area contributed by atoms with Crippen LogP contribution in [0.2, 0.25) is 0 Å². The first-order chi connectivity index (χ1) is 15.7. The molecule has 3 aromatic carbocycles. The first kappa shape index (κ1) is 23.2. The topological polar surface area (TPSA) is 60.0 Å². The summed E-state index contributed by atoms with van der Waals surface area (Å²) in [6.07, 6.45) is 0.182. The van der Waals surface area contributed by atoms with Crippen molar-refractivity contribution >= 4 is 0 Å². The Bertz CT molecular complexity index is 1040. The van der Waals surface area contributed by atoms with Crippen molar-refractivity contribution in [2.75, 3.05) is 33.9 Å². The highest BCUT2D eigenvalue weighted by Gasteiger charge is 2.08. The van der Waals surface area contributed by atoms with Gasteiger partial charge in [-0.15, -0.1) is 0 Å². The molecule has 0 aliphatic rings. The summed E-state index contributed by atoms with van der Waals surface area (Å²) in [5.74, 6) is 8.39. The molecule has 0 bridgehead atoms. The third kappa shape index (κ3) is 7.05. The third-order valence-corrected chi connectivity index (χ3v) is 4.85. The van der Waals surface area contributed by atoms with Crippen LogP contribution in [0.4, 0.5) is 0 Å². The van der Waals surface area contributed by atoms with Gasteiger partial charge in [-0.05, 0) is 54.9 Å². The summed E-state index contributed by atoms with van der Waals surface area (Å²) in [7, 11) is 3.25. The van der Waals surface area contributed by atoms with E-state index in [9.17, 15) is 5.11 Å². The van der Waals surface area contributed by atoms with E-state index in [1.165, 1.54) is 0 Å². The molecule has 32 heavy (non-hydrogen) atoms. The summed E-state index contributed by atoms with van der Waals surface area (Å²) in [5, 5.41) is 13.6. The van der Waals surface area contributed by atoms with Crippen molar-refractivity contribution in [3.63, 3.8) is 0 Å². The molecule has 0 radical (unpaired) electrons. The zero-order chi connectivity index (χ0) is 22.6. The van der Waals surface area contributed by atoms with Crippen LogP contribution in [0, 0.1) is 11.8 Å². The molecule has 0 aromatic heterocycles. The molecule has 0 fully saturated rings. The van der Waals surface area contributed by atoms with E-state index >= 15 is 0 Å². The van der Waals surface area contributed by atoms with Crippen LogP contribution < -0.4 is 19.5 Å². The number of ether oxygens (including phenoxy) is 3. The van der Waals surface area contributed by atoms with Crippen LogP contribution in [0.15, 0.2) is 72.8 Å². The van der Waals surface area contributed by atoms with Gasteiger partial charge in [0.25, 0.3) is 0 Å². The van der Waals surface area contributed by atoms with Crippen LogP contribution in [-0.4, -0.2) is 45.1 Å².